The molecule has 0 radical (unpaired) electrons. The second-order valence-electron chi connectivity index (χ2n) is 9.44. The van der Waals surface area contributed by atoms with Crippen LogP contribution >= 0.6 is 11.3 Å². The summed E-state index contributed by atoms with van der Waals surface area (Å²) < 4.78 is 7.50. The van der Waals surface area contributed by atoms with Crippen LogP contribution in [0.15, 0.2) is 78.4 Å². The van der Waals surface area contributed by atoms with Gasteiger partial charge >= 0.3 is 6.03 Å². The topological polar surface area (TPSA) is 96.7 Å². The molecule has 2 aromatic carbocycles. The van der Waals surface area contributed by atoms with Crippen LogP contribution < -0.4 is 15.4 Å². The summed E-state index contributed by atoms with van der Waals surface area (Å²) in [4.78, 5) is 29.9. The van der Waals surface area contributed by atoms with E-state index in [4.69, 9.17) is 14.7 Å². The minimum Gasteiger partial charge on any atom is -0.497 e. The highest BCUT2D eigenvalue weighted by Gasteiger charge is 2.25. The number of hydrogen-bond acceptors (Lipinski definition) is 7. The molecular formula is C29H29N7O2S. The molecule has 0 saturated carbocycles. The third kappa shape index (κ3) is 5.42. The van der Waals surface area contributed by atoms with Gasteiger partial charge in [0.2, 0.25) is 5.95 Å². The van der Waals surface area contributed by atoms with E-state index in [-0.39, 0.29) is 12.1 Å². The van der Waals surface area contributed by atoms with Gasteiger partial charge in [-0.15, -0.1) is 11.3 Å². The minimum atomic E-state index is -0.0536. The molecule has 5 aromatic rings. The molecule has 3 aromatic heterocycles. The first-order valence-corrected chi connectivity index (χ1v) is 13.8. The number of rotatable bonds is 7. The number of nitrogens with one attached hydrogen (secondary N) is 2. The number of anilines is 1. The molecule has 39 heavy (non-hydrogen) atoms. The summed E-state index contributed by atoms with van der Waals surface area (Å²) in [6.07, 6.45) is 5.62. The van der Waals surface area contributed by atoms with Crippen molar-refractivity contribution >= 4 is 28.3 Å². The molecule has 2 N–H and O–H groups in total. The number of carbonyl (C=O) groups excluding carboxylic acids is 1. The average Bonchev–Trinajstić information content (AvgIpc) is 3.59. The number of hydrogen-bond donors (Lipinski definition) is 2. The van der Waals surface area contributed by atoms with E-state index in [1.54, 1.807) is 24.6 Å². The molecule has 1 saturated heterocycles. The van der Waals surface area contributed by atoms with Crippen LogP contribution in [0.25, 0.3) is 27.6 Å². The Balaban J connectivity index is 1.20. The van der Waals surface area contributed by atoms with Crippen LogP contribution in [0, 0.1) is 0 Å². The van der Waals surface area contributed by atoms with Crippen LogP contribution in [0.2, 0.25) is 0 Å². The van der Waals surface area contributed by atoms with Gasteiger partial charge in [0.05, 0.1) is 18.5 Å². The van der Waals surface area contributed by atoms with E-state index in [9.17, 15) is 4.79 Å². The summed E-state index contributed by atoms with van der Waals surface area (Å²) in [6, 6.07) is 19.7. The van der Waals surface area contributed by atoms with Crippen LogP contribution in [0.5, 0.6) is 5.75 Å². The van der Waals surface area contributed by atoms with E-state index < -0.39 is 0 Å². The lowest BCUT2D eigenvalue weighted by atomic mass is 10.1. The van der Waals surface area contributed by atoms with Gasteiger partial charge in [0, 0.05) is 49.0 Å². The van der Waals surface area contributed by atoms with Crippen molar-refractivity contribution in [3.8, 4) is 28.4 Å². The van der Waals surface area contributed by atoms with Crippen molar-refractivity contribution in [2.24, 2.45) is 0 Å². The van der Waals surface area contributed by atoms with Gasteiger partial charge in [0.25, 0.3) is 0 Å². The molecule has 1 fully saturated rings. The molecule has 0 unspecified atom stereocenters. The van der Waals surface area contributed by atoms with Gasteiger partial charge in [0.15, 0.2) is 4.96 Å². The summed E-state index contributed by atoms with van der Waals surface area (Å²) >= 11 is 1.58. The summed E-state index contributed by atoms with van der Waals surface area (Å²) in [5.41, 5.74) is 4.54. The first-order chi connectivity index (χ1) is 19.2. The molecular weight excluding hydrogens is 510 g/mol. The summed E-state index contributed by atoms with van der Waals surface area (Å²) in [6.45, 7) is 1.83. The fourth-order valence-corrected chi connectivity index (χ4v) is 5.62. The predicted molar refractivity (Wildman–Crippen MR) is 153 cm³/mol. The number of fused-ring (bicyclic) bond motifs is 1. The molecule has 0 bridgehead atoms. The van der Waals surface area contributed by atoms with E-state index in [0.717, 1.165) is 58.3 Å². The fraction of sp³-hybridized carbons (Fsp3) is 0.241. The highest BCUT2D eigenvalue weighted by atomic mass is 32.1. The highest BCUT2D eigenvalue weighted by molar-refractivity contribution is 7.15. The molecule has 1 atom stereocenters. The standard InChI is InChI=1S/C29H29N7O2S/c1-38-23-11-5-9-21(17-23)25-26(36-15-16-39-29(36)34-25)24-12-13-30-27(33-24)32-22-10-6-14-35(19-22)28(37)31-18-20-7-3-2-4-8-20/h2-5,7-9,11-13,15-17,22H,6,10,14,18-19H2,1H3,(H,31,37)(H,30,32,33)/t22-/m1/s1. The maximum Gasteiger partial charge on any atom is 0.317 e. The van der Waals surface area contributed by atoms with Crippen LogP contribution in [0.4, 0.5) is 10.7 Å². The Bertz CT molecular complexity index is 1580. The number of imidazole rings is 1. The third-order valence-electron chi connectivity index (χ3n) is 6.83. The van der Waals surface area contributed by atoms with Gasteiger partial charge in [-0.05, 0) is 36.6 Å². The Labute approximate surface area is 230 Å². The zero-order valence-corrected chi connectivity index (χ0v) is 22.4. The quantitative estimate of drug-likeness (QED) is 0.291. The Morgan fingerprint density at radius 1 is 1.13 bits per heavy atom. The first-order valence-electron chi connectivity index (χ1n) is 12.9. The van der Waals surface area contributed by atoms with E-state index in [1.165, 1.54) is 0 Å². The first kappa shape index (κ1) is 24.9. The van der Waals surface area contributed by atoms with Crippen LogP contribution in [0.1, 0.15) is 18.4 Å². The van der Waals surface area contributed by atoms with Crippen molar-refractivity contribution in [2.75, 3.05) is 25.5 Å². The minimum absolute atomic E-state index is 0.0536. The zero-order valence-electron chi connectivity index (χ0n) is 21.6. The summed E-state index contributed by atoms with van der Waals surface area (Å²) in [7, 11) is 1.66. The summed E-state index contributed by atoms with van der Waals surface area (Å²) in [5, 5.41) is 8.52. The van der Waals surface area contributed by atoms with Crippen molar-refractivity contribution in [3.05, 3.63) is 84.0 Å². The van der Waals surface area contributed by atoms with E-state index >= 15 is 0 Å². The third-order valence-corrected chi connectivity index (χ3v) is 7.59. The molecule has 0 aliphatic carbocycles. The van der Waals surface area contributed by atoms with Crippen molar-refractivity contribution in [3.63, 3.8) is 0 Å². The van der Waals surface area contributed by atoms with E-state index in [0.29, 0.717) is 19.0 Å². The van der Waals surface area contributed by atoms with Gasteiger partial charge in [0.1, 0.15) is 11.4 Å². The lowest BCUT2D eigenvalue weighted by Gasteiger charge is -2.33. The lowest BCUT2D eigenvalue weighted by molar-refractivity contribution is 0.182. The smallest absolute Gasteiger partial charge is 0.317 e. The van der Waals surface area contributed by atoms with Crippen molar-refractivity contribution in [1.82, 2.24) is 29.6 Å². The number of aromatic nitrogens is 4. The molecule has 198 valence electrons. The maximum atomic E-state index is 12.8. The SMILES string of the molecule is COc1cccc(-c2nc3sccn3c2-c2ccnc(N[C@@H]3CCCN(C(=O)NCc4ccccc4)C3)n2)c1. The fourth-order valence-electron chi connectivity index (χ4n) is 4.91. The molecule has 0 spiro atoms. The summed E-state index contributed by atoms with van der Waals surface area (Å²) in [5.74, 6) is 1.31. The number of nitrogens with zero attached hydrogens (tertiary/aromatic N) is 5. The van der Waals surface area contributed by atoms with Gasteiger partial charge < -0.3 is 20.3 Å². The van der Waals surface area contributed by atoms with Crippen molar-refractivity contribution < 1.29 is 9.53 Å². The van der Waals surface area contributed by atoms with E-state index in [1.807, 2.05) is 77.1 Å². The van der Waals surface area contributed by atoms with Gasteiger partial charge in [-0.3, -0.25) is 4.40 Å². The molecule has 1 aliphatic rings. The second kappa shape index (κ2) is 11.1. The van der Waals surface area contributed by atoms with Crippen LogP contribution in [0.3, 0.4) is 0 Å². The Morgan fingerprint density at radius 2 is 2.03 bits per heavy atom. The highest BCUT2D eigenvalue weighted by Crippen LogP contribution is 2.35. The van der Waals surface area contributed by atoms with Crippen LogP contribution in [-0.4, -0.2) is 56.5 Å². The molecule has 10 heteroatoms. The molecule has 1 aliphatic heterocycles. The molecule has 9 nitrogen and oxygen atoms in total. The Morgan fingerprint density at radius 3 is 2.90 bits per heavy atom. The number of carbonyl (C=O) groups is 1. The Kier molecular flexibility index (Phi) is 7.09. The average molecular weight is 540 g/mol. The van der Waals surface area contributed by atoms with Crippen molar-refractivity contribution in [2.45, 2.75) is 25.4 Å². The number of piperidine rings is 1. The number of methoxy groups -OCH3 is 1. The van der Waals surface area contributed by atoms with Gasteiger partial charge in [-0.2, -0.15) is 0 Å². The largest absolute Gasteiger partial charge is 0.497 e. The number of benzene rings is 2. The van der Waals surface area contributed by atoms with Crippen molar-refractivity contribution in [1.29, 1.82) is 0 Å². The number of ether oxygens (including phenoxy) is 1. The van der Waals surface area contributed by atoms with Gasteiger partial charge in [-0.25, -0.2) is 19.7 Å². The predicted octanol–water partition coefficient (Wildman–Crippen LogP) is 5.31. The van der Waals surface area contributed by atoms with Gasteiger partial charge in [-0.1, -0.05) is 42.5 Å². The Hall–Kier alpha value is -4.44. The normalized spacial score (nSPS) is 15.3. The lowest BCUT2D eigenvalue weighted by Crippen LogP contribution is -2.49. The van der Waals surface area contributed by atoms with E-state index in [2.05, 4.69) is 20.0 Å². The monoisotopic (exact) mass is 539 g/mol. The molecule has 2 amide bonds. The number of thiazole rings is 1. The number of urea groups is 1. The zero-order chi connectivity index (χ0) is 26.6. The molecule has 6 rings (SSSR count). The number of amides is 2. The number of likely N-dealkylation sites (tertiary alicyclic amines) is 1. The molecule has 4 heterocycles. The second-order valence-corrected chi connectivity index (χ2v) is 10.3. The maximum absolute atomic E-state index is 12.8. The van der Waals surface area contributed by atoms with Crippen LogP contribution in [-0.2, 0) is 6.54 Å².